The third-order valence-electron chi connectivity index (χ3n) is 7.18. The predicted octanol–water partition coefficient (Wildman–Crippen LogP) is 5.52. The molecule has 218 valence electrons. The fraction of sp³-hybridized carbons (Fsp3) is 0.235. The number of carbonyl (C=O) groups excluding carboxylic acids is 2. The number of esters is 2. The third-order valence-corrected chi connectivity index (χ3v) is 8.18. The molecule has 1 aliphatic rings. The number of nitrogens with zero attached hydrogens (tertiary/aromatic N) is 5. The summed E-state index contributed by atoms with van der Waals surface area (Å²) >= 11 is 1.40. The van der Waals surface area contributed by atoms with Crippen LogP contribution in [0.25, 0.3) is 18.2 Å². The minimum atomic E-state index is -1.76. The van der Waals surface area contributed by atoms with Crippen molar-refractivity contribution in [1.29, 1.82) is 21.0 Å². The van der Waals surface area contributed by atoms with E-state index in [-0.39, 0.29) is 30.7 Å². The van der Waals surface area contributed by atoms with Crippen molar-refractivity contribution in [1.82, 2.24) is 0 Å². The quantitative estimate of drug-likeness (QED) is 0.274. The van der Waals surface area contributed by atoms with Gasteiger partial charge in [-0.1, -0.05) is 42.5 Å². The largest absolute Gasteiger partial charge is 0.464 e. The molecule has 1 aromatic heterocycles. The second kappa shape index (κ2) is 13.5. The summed E-state index contributed by atoms with van der Waals surface area (Å²) in [5.74, 6) is -0.730. The zero-order chi connectivity index (χ0) is 31.7. The first-order valence-electron chi connectivity index (χ1n) is 13.6. The van der Waals surface area contributed by atoms with Gasteiger partial charge in [0.2, 0.25) is 0 Å². The van der Waals surface area contributed by atoms with Crippen molar-refractivity contribution in [2.24, 2.45) is 0 Å². The zero-order valence-electron chi connectivity index (χ0n) is 24.1. The van der Waals surface area contributed by atoms with Crippen molar-refractivity contribution in [3.8, 4) is 24.3 Å². The first-order valence-corrected chi connectivity index (χ1v) is 14.4. The summed E-state index contributed by atoms with van der Waals surface area (Å²) in [6.07, 6.45) is 5.48. The Morgan fingerprint density at radius 2 is 1.25 bits per heavy atom. The monoisotopic (exact) mass is 601 g/mol. The lowest BCUT2D eigenvalue weighted by Gasteiger charge is -2.24. The number of nitriles is 4. The normalized spacial score (nSPS) is 13.9. The van der Waals surface area contributed by atoms with E-state index in [1.54, 1.807) is 30.3 Å². The Bertz CT molecular complexity index is 1690. The van der Waals surface area contributed by atoms with Crippen molar-refractivity contribution >= 4 is 47.2 Å². The molecule has 0 unspecified atom stereocenters. The number of hydrogen-bond donors (Lipinski definition) is 0. The highest BCUT2D eigenvalue weighted by Gasteiger charge is 2.59. The van der Waals surface area contributed by atoms with Crippen molar-refractivity contribution in [3.63, 3.8) is 0 Å². The van der Waals surface area contributed by atoms with Crippen molar-refractivity contribution in [2.75, 3.05) is 31.2 Å². The molecule has 3 aromatic rings. The van der Waals surface area contributed by atoms with Crippen LogP contribution in [-0.4, -0.2) is 38.2 Å². The van der Waals surface area contributed by atoms with Gasteiger partial charge in [0, 0.05) is 34.9 Å². The minimum Gasteiger partial charge on any atom is -0.464 e. The topological polar surface area (TPSA) is 151 Å². The number of allylic oxidation sites excluding steroid dienone is 1. The van der Waals surface area contributed by atoms with Crippen molar-refractivity contribution in [2.45, 2.75) is 24.7 Å². The molecule has 2 aromatic carbocycles. The van der Waals surface area contributed by atoms with Crippen LogP contribution in [-0.2, 0) is 29.9 Å². The van der Waals surface area contributed by atoms with E-state index in [0.717, 1.165) is 16.1 Å². The second-order valence-corrected chi connectivity index (χ2v) is 11.0. The van der Waals surface area contributed by atoms with Crippen LogP contribution >= 0.6 is 11.3 Å². The Morgan fingerprint density at radius 3 is 1.73 bits per heavy atom. The number of carbonyl (C=O) groups is 2. The van der Waals surface area contributed by atoms with E-state index < -0.39 is 10.8 Å². The molecule has 9 nitrogen and oxygen atoms in total. The van der Waals surface area contributed by atoms with E-state index in [4.69, 9.17) is 9.47 Å². The number of thiophene rings is 1. The van der Waals surface area contributed by atoms with E-state index in [9.17, 15) is 30.6 Å². The van der Waals surface area contributed by atoms with Gasteiger partial charge in [-0.15, -0.1) is 11.3 Å². The van der Waals surface area contributed by atoms with Crippen LogP contribution in [0.15, 0.2) is 66.2 Å². The van der Waals surface area contributed by atoms with Crippen LogP contribution < -0.4 is 4.90 Å². The second-order valence-electron chi connectivity index (χ2n) is 9.88. The molecule has 0 saturated carbocycles. The lowest BCUT2D eigenvalue weighted by Crippen LogP contribution is -2.31. The van der Waals surface area contributed by atoms with Crippen LogP contribution in [0.5, 0.6) is 0 Å². The van der Waals surface area contributed by atoms with Gasteiger partial charge in [0.05, 0.1) is 37.4 Å². The highest BCUT2D eigenvalue weighted by molar-refractivity contribution is 7.13. The molecule has 4 rings (SSSR count). The first kappa shape index (κ1) is 31.3. The van der Waals surface area contributed by atoms with E-state index >= 15 is 0 Å². The third kappa shape index (κ3) is 6.22. The molecule has 0 bridgehead atoms. The molecule has 0 aliphatic heterocycles. The van der Waals surface area contributed by atoms with Gasteiger partial charge in [0.1, 0.15) is 13.2 Å². The summed E-state index contributed by atoms with van der Waals surface area (Å²) in [4.78, 5) is 25.9. The predicted molar refractivity (Wildman–Crippen MR) is 165 cm³/mol. The van der Waals surface area contributed by atoms with E-state index in [0.29, 0.717) is 29.1 Å². The van der Waals surface area contributed by atoms with E-state index in [1.807, 2.05) is 53.5 Å². The van der Waals surface area contributed by atoms with Crippen LogP contribution in [0.3, 0.4) is 0 Å². The Hall–Kier alpha value is -5.68. The Labute approximate surface area is 259 Å². The van der Waals surface area contributed by atoms with E-state index in [2.05, 4.69) is 24.3 Å². The zero-order valence-corrected chi connectivity index (χ0v) is 24.9. The minimum absolute atomic E-state index is 0.140. The molecular formula is C34H27N5O4S. The summed E-state index contributed by atoms with van der Waals surface area (Å²) in [5.41, 5.74) is -0.856. The lowest BCUT2D eigenvalue weighted by molar-refractivity contribution is -0.141. The lowest BCUT2D eigenvalue weighted by atomic mass is 9.74. The molecule has 0 radical (unpaired) electrons. The Kier molecular flexibility index (Phi) is 9.61. The average Bonchev–Trinajstić information content (AvgIpc) is 3.57. The molecule has 44 heavy (non-hydrogen) atoms. The maximum Gasteiger partial charge on any atom is 0.302 e. The van der Waals surface area contributed by atoms with Crippen LogP contribution in [0, 0.1) is 45.3 Å². The Morgan fingerprint density at radius 1 is 0.750 bits per heavy atom. The molecule has 1 heterocycles. The SMILES string of the molecule is CC(=O)OCCN(CCOC(C)=O)c1ccc(/C=C/c2ccc(C=C3C(C#N)(C#N)c4ccccc4C3(C#N)C#N)s2)cc1. The first-order chi connectivity index (χ1) is 21.2. The smallest absolute Gasteiger partial charge is 0.302 e. The molecule has 10 heteroatoms. The molecule has 1 aliphatic carbocycles. The Balaban J connectivity index is 1.56. The van der Waals surface area contributed by atoms with Gasteiger partial charge in [-0.2, -0.15) is 21.0 Å². The molecule has 0 N–H and O–H groups in total. The molecule has 0 atom stereocenters. The summed E-state index contributed by atoms with van der Waals surface area (Å²) in [6, 6.07) is 26.4. The number of ether oxygens (including phenoxy) is 2. The van der Waals surface area contributed by atoms with Crippen LogP contribution in [0.1, 0.15) is 40.3 Å². The van der Waals surface area contributed by atoms with Gasteiger partial charge in [-0.3, -0.25) is 9.59 Å². The number of fused-ring (bicyclic) bond motifs is 1. The number of hydrogen-bond acceptors (Lipinski definition) is 10. The van der Waals surface area contributed by atoms with Crippen LogP contribution in [0.2, 0.25) is 0 Å². The van der Waals surface area contributed by atoms with Gasteiger partial charge < -0.3 is 14.4 Å². The molecule has 0 spiro atoms. The van der Waals surface area contributed by atoms with Gasteiger partial charge in [-0.05, 0) is 53.1 Å². The standard InChI is InChI=1S/C34H27N5O4S/c1-24(40)42-17-15-39(16-18-43-25(2)41)27-10-7-26(8-11-27)9-12-28-13-14-29(44-28)19-32-33(20-35,21-36)30-5-3-4-6-31(30)34(32,22-37)23-38/h3-14,19H,15-18H2,1-2H3/b12-9+. The van der Waals surface area contributed by atoms with Crippen LogP contribution in [0.4, 0.5) is 5.69 Å². The molecular weight excluding hydrogens is 574 g/mol. The maximum absolute atomic E-state index is 11.2. The molecule has 0 amide bonds. The van der Waals surface area contributed by atoms with Crippen molar-refractivity contribution in [3.05, 3.63) is 92.7 Å². The average molecular weight is 602 g/mol. The fourth-order valence-electron chi connectivity index (χ4n) is 5.08. The molecule has 0 fully saturated rings. The summed E-state index contributed by atoms with van der Waals surface area (Å²) in [7, 11) is 0. The van der Waals surface area contributed by atoms with E-state index in [1.165, 1.54) is 25.2 Å². The maximum atomic E-state index is 11.2. The summed E-state index contributed by atoms with van der Waals surface area (Å²) in [5, 5.41) is 40.6. The van der Waals surface area contributed by atoms with Gasteiger partial charge in [0.25, 0.3) is 0 Å². The van der Waals surface area contributed by atoms with Gasteiger partial charge in [-0.25, -0.2) is 0 Å². The van der Waals surface area contributed by atoms with Crippen molar-refractivity contribution < 1.29 is 19.1 Å². The number of benzene rings is 2. The number of rotatable bonds is 10. The summed E-state index contributed by atoms with van der Waals surface area (Å²) in [6.45, 7) is 3.98. The van der Waals surface area contributed by atoms with Gasteiger partial charge >= 0.3 is 11.9 Å². The highest BCUT2D eigenvalue weighted by Crippen LogP contribution is 2.54. The van der Waals surface area contributed by atoms with Gasteiger partial charge in [0.15, 0.2) is 10.8 Å². The fourth-order valence-corrected chi connectivity index (χ4v) is 5.94. The summed E-state index contributed by atoms with van der Waals surface area (Å²) < 4.78 is 10.2. The molecule has 0 saturated heterocycles. The highest BCUT2D eigenvalue weighted by atomic mass is 32.1. The number of anilines is 1.